The Morgan fingerprint density at radius 2 is 1.78 bits per heavy atom. The van der Waals surface area contributed by atoms with E-state index in [2.05, 4.69) is 15.1 Å². The van der Waals surface area contributed by atoms with Crippen LogP contribution in [0.15, 0.2) is 65.4 Å². The highest BCUT2D eigenvalue weighted by atomic mass is 35.5. The summed E-state index contributed by atoms with van der Waals surface area (Å²) in [5, 5.41) is 4.26. The van der Waals surface area contributed by atoms with Gasteiger partial charge in [0.1, 0.15) is 18.1 Å². The van der Waals surface area contributed by atoms with E-state index >= 15 is 0 Å². The highest BCUT2D eigenvalue weighted by Crippen LogP contribution is 2.36. The van der Waals surface area contributed by atoms with Crippen LogP contribution in [0.4, 0.5) is 13.2 Å². The topological polar surface area (TPSA) is 65.5 Å². The van der Waals surface area contributed by atoms with E-state index in [9.17, 15) is 13.2 Å². The normalized spacial score (nSPS) is 11.8. The largest absolute Gasteiger partial charge is 0.487 e. The monoisotopic (exact) mass is 532 g/mol. The fourth-order valence-corrected chi connectivity index (χ4v) is 4.17. The summed E-state index contributed by atoms with van der Waals surface area (Å²) in [5.74, 6) is 0.818. The van der Waals surface area contributed by atoms with E-state index < -0.39 is 11.7 Å². The Kier molecular flexibility index (Phi) is 6.36. The molecule has 184 valence electrons. The molecule has 5 aromatic rings. The molecule has 0 saturated carbocycles. The van der Waals surface area contributed by atoms with Crippen LogP contribution in [-0.4, -0.2) is 19.5 Å². The van der Waals surface area contributed by atoms with E-state index in [0.29, 0.717) is 29.4 Å². The molecule has 3 aromatic heterocycles. The van der Waals surface area contributed by atoms with Crippen LogP contribution >= 0.6 is 23.2 Å². The molecule has 36 heavy (non-hydrogen) atoms. The summed E-state index contributed by atoms with van der Waals surface area (Å²) in [5.41, 5.74) is 1.95. The summed E-state index contributed by atoms with van der Waals surface area (Å²) in [7, 11) is 0. The second kappa shape index (κ2) is 9.48. The number of benzene rings is 2. The highest BCUT2D eigenvalue weighted by Gasteiger charge is 2.32. The van der Waals surface area contributed by atoms with Gasteiger partial charge >= 0.3 is 6.18 Å². The number of ether oxygens (including phenoxy) is 1. The molecule has 0 bridgehead atoms. The first-order valence-electron chi connectivity index (χ1n) is 10.8. The zero-order valence-corrected chi connectivity index (χ0v) is 20.2. The van der Waals surface area contributed by atoms with Gasteiger partial charge in [-0.3, -0.25) is 0 Å². The summed E-state index contributed by atoms with van der Waals surface area (Å²) in [4.78, 5) is 8.66. The number of hydrogen-bond donors (Lipinski definition) is 0. The van der Waals surface area contributed by atoms with Gasteiger partial charge in [-0.15, -0.1) is 0 Å². The molecule has 0 fully saturated rings. The van der Waals surface area contributed by atoms with Crippen LogP contribution in [0.3, 0.4) is 0 Å². The van der Waals surface area contributed by atoms with Crippen molar-refractivity contribution >= 4 is 28.8 Å². The number of fused-ring (bicyclic) bond motifs is 1. The van der Waals surface area contributed by atoms with E-state index in [4.69, 9.17) is 32.5 Å². The van der Waals surface area contributed by atoms with Crippen molar-refractivity contribution in [2.45, 2.75) is 26.1 Å². The zero-order valence-electron chi connectivity index (χ0n) is 18.7. The summed E-state index contributed by atoms with van der Waals surface area (Å²) in [6.45, 7) is 2.33. The van der Waals surface area contributed by atoms with Crippen LogP contribution in [0.1, 0.15) is 23.6 Å². The minimum absolute atomic E-state index is 0.0286. The first-order valence-corrected chi connectivity index (χ1v) is 11.6. The van der Waals surface area contributed by atoms with Crippen molar-refractivity contribution < 1.29 is 22.4 Å². The van der Waals surface area contributed by atoms with Gasteiger partial charge in [0, 0.05) is 18.0 Å². The van der Waals surface area contributed by atoms with E-state index in [1.807, 2.05) is 43.3 Å². The van der Waals surface area contributed by atoms with Crippen LogP contribution in [0, 0.1) is 0 Å². The minimum atomic E-state index is -4.55. The third-order valence-electron chi connectivity index (χ3n) is 5.50. The Hall–Kier alpha value is -3.56. The first kappa shape index (κ1) is 24.1. The van der Waals surface area contributed by atoms with Crippen LogP contribution < -0.4 is 4.74 Å². The predicted octanol–water partition coefficient (Wildman–Crippen LogP) is 7.52. The smallest absolute Gasteiger partial charge is 0.417 e. The molecule has 0 aliphatic heterocycles. The van der Waals surface area contributed by atoms with Crippen molar-refractivity contribution in [1.82, 2.24) is 19.5 Å². The molecular weight excluding hydrogens is 516 g/mol. The van der Waals surface area contributed by atoms with Crippen molar-refractivity contribution in [2.24, 2.45) is 0 Å². The minimum Gasteiger partial charge on any atom is -0.487 e. The molecule has 0 amide bonds. The van der Waals surface area contributed by atoms with Crippen LogP contribution in [0.2, 0.25) is 10.0 Å². The molecule has 0 unspecified atom stereocenters. The Balaban J connectivity index is 1.45. The lowest BCUT2D eigenvalue weighted by Crippen LogP contribution is -2.06. The van der Waals surface area contributed by atoms with Crippen LogP contribution in [0.5, 0.6) is 5.75 Å². The summed E-state index contributed by atoms with van der Waals surface area (Å²) in [6, 6.07) is 14.1. The molecule has 0 spiro atoms. The molecule has 0 N–H and O–H groups in total. The number of rotatable bonds is 6. The SMILES string of the molecule is CCc1cc(OCc2ccccc2)c(Cl)cc1-c1noc(-c2cn3cc(C(F)(F)F)cc(Cl)c3n2)n1. The molecule has 0 radical (unpaired) electrons. The van der Waals surface area contributed by atoms with Crippen molar-refractivity contribution in [3.63, 3.8) is 0 Å². The van der Waals surface area contributed by atoms with E-state index in [0.717, 1.165) is 23.4 Å². The third-order valence-corrected chi connectivity index (χ3v) is 6.07. The number of imidazole rings is 1. The van der Waals surface area contributed by atoms with Gasteiger partial charge in [0.25, 0.3) is 5.89 Å². The second-order valence-electron chi connectivity index (χ2n) is 7.92. The molecule has 5 rings (SSSR count). The van der Waals surface area contributed by atoms with E-state index in [-0.39, 0.29) is 28.1 Å². The lowest BCUT2D eigenvalue weighted by molar-refractivity contribution is -0.137. The van der Waals surface area contributed by atoms with Crippen LogP contribution in [-0.2, 0) is 19.2 Å². The van der Waals surface area contributed by atoms with Gasteiger partial charge in [-0.2, -0.15) is 18.2 Å². The number of aryl methyl sites for hydroxylation is 1. The molecule has 3 heterocycles. The second-order valence-corrected chi connectivity index (χ2v) is 8.74. The molecule has 0 atom stereocenters. The maximum atomic E-state index is 13.1. The number of alkyl halides is 3. The summed E-state index contributed by atoms with van der Waals surface area (Å²) >= 11 is 12.5. The number of hydrogen-bond acceptors (Lipinski definition) is 5. The quantitative estimate of drug-likeness (QED) is 0.226. The van der Waals surface area contributed by atoms with Crippen LogP contribution in [0.25, 0.3) is 28.6 Å². The highest BCUT2D eigenvalue weighted by molar-refractivity contribution is 6.33. The average molecular weight is 533 g/mol. The van der Waals surface area contributed by atoms with Gasteiger partial charge in [-0.25, -0.2) is 4.98 Å². The average Bonchev–Trinajstić information content (AvgIpc) is 3.51. The maximum Gasteiger partial charge on any atom is 0.417 e. The molecule has 0 saturated heterocycles. The van der Waals surface area contributed by atoms with Gasteiger partial charge in [0.2, 0.25) is 5.82 Å². The number of aromatic nitrogens is 4. The lowest BCUT2D eigenvalue weighted by atomic mass is 10.0. The first-order chi connectivity index (χ1) is 17.2. The molecule has 2 aromatic carbocycles. The van der Waals surface area contributed by atoms with Gasteiger partial charge in [0.05, 0.1) is 15.6 Å². The van der Waals surface area contributed by atoms with E-state index in [1.54, 1.807) is 6.07 Å². The fraction of sp³-hybridized carbons (Fsp3) is 0.160. The standard InChI is InChI=1S/C25H17Cl2F3N4O2/c1-2-15-8-21(35-13-14-6-4-3-5-7-14)18(26)10-17(15)22-32-24(36-33-22)20-12-34-11-16(25(28,29)30)9-19(27)23(34)31-20/h3-12H,2,13H2,1H3. The Bertz CT molecular complexity index is 1550. The van der Waals surface area contributed by atoms with Crippen molar-refractivity contribution in [2.75, 3.05) is 0 Å². The molecule has 0 aliphatic rings. The van der Waals surface area contributed by atoms with Crippen molar-refractivity contribution in [1.29, 1.82) is 0 Å². The summed E-state index contributed by atoms with van der Waals surface area (Å²) in [6.07, 6.45) is -1.66. The number of halogens is 5. The van der Waals surface area contributed by atoms with Gasteiger partial charge in [-0.05, 0) is 35.7 Å². The third kappa shape index (κ3) is 4.76. The zero-order chi connectivity index (χ0) is 25.4. The molecule has 0 aliphatic carbocycles. The number of pyridine rings is 1. The molecule has 6 nitrogen and oxygen atoms in total. The Labute approximate surface area is 213 Å². The van der Waals surface area contributed by atoms with E-state index in [1.165, 1.54) is 10.6 Å². The number of nitrogens with zero attached hydrogens (tertiary/aromatic N) is 4. The predicted molar refractivity (Wildman–Crippen MR) is 129 cm³/mol. The molecular formula is C25H17Cl2F3N4O2. The molecule has 11 heteroatoms. The lowest BCUT2D eigenvalue weighted by Gasteiger charge is -2.12. The van der Waals surface area contributed by atoms with Gasteiger partial charge in [-0.1, -0.05) is 65.6 Å². The maximum absolute atomic E-state index is 13.1. The van der Waals surface area contributed by atoms with Crippen molar-refractivity contribution in [3.05, 3.63) is 87.7 Å². The summed E-state index contributed by atoms with van der Waals surface area (Å²) < 4.78 is 51.8. The van der Waals surface area contributed by atoms with Gasteiger partial charge < -0.3 is 13.7 Å². The fourth-order valence-electron chi connectivity index (χ4n) is 3.69. The Morgan fingerprint density at radius 1 is 1.00 bits per heavy atom. The Morgan fingerprint density at radius 3 is 2.50 bits per heavy atom. The van der Waals surface area contributed by atoms with Gasteiger partial charge in [0.15, 0.2) is 5.65 Å². The van der Waals surface area contributed by atoms with Crippen molar-refractivity contribution in [3.8, 4) is 28.7 Å².